The second-order valence-corrected chi connectivity index (χ2v) is 10.1. The molecule has 210 valence electrons. The van der Waals surface area contributed by atoms with Crippen LogP contribution in [-0.4, -0.2) is 50.1 Å². The fourth-order valence-electron chi connectivity index (χ4n) is 4.36. The van der Waals surface area contributed by atoms with Crippen LogP contribution in [0.1, 0.15) is 24.5 Å². The van der Waals surface area contributed by atoms with Crippen LogP contribution >= 0.6 is 0 Å². The van der Waals surface area contributed by atoms with E-state index in [1.54, 1.807) is 32.6 Å². The molecule has 40 heavy (non-hydrogen) atoms. The molecule has 1 heterocycles. The molecule has 0 fully saturated rings. The number of nitrogens with zero attached hydrogens (tertiary/aromatic N) is 3. The van der Waals surface area contributed by atoms with E-state index in [1.807, 2.05) is 49.4 Å². The molecule has 0 saturated carbocycles. The fraction of sp³-hybridized carbons (Fsp3) is 0.250. The van der Waals surface area contributed by atoms with Crippen molar-refractivity contribution in [1.82, 2.24) is 9.97 Å². The first-order chi connectivity index (χ1) is 19.2. The van der Waals surface area contributed by atoms with Crippen molar-refractivity contribution in [2.24, 2.45) is 0 Å². The van der Waals surface area contributed by atoms with Crippen molar-refractivity contribution in [3.8, 4) is 17.2 Å². The molecular formula is C28H32N6O5S. The number of methoxy groups -OCH3 is 2. The van der Waals surface area contributed by atoms with Gasteiger partial charge in [0, 0.05) is 41.7 Å². The first-order valence-corrected chi connectivity index (χ1v) is 13.5. The predicted octanol–water partition coefficient (Wildman–Crippen LogP) is 3.00. The normalized spacial score (nSPS) is 13.4. The van der Waals surface area contributed by atoms with Gasteiger partial charge in [0.05, 0.1) is 25.1 Å². The molecular weight excluding hydrogens is 532 g/mol. The Bertz CT molecular complexity index is 1550. The Kier molecular flexibility index (Phi) is 8.80. The summed E-state index contributed by atoms with van der Waals surface area (Å²) >= 11 is 0. The maximum atomic E-state index is 11.4. The molecule has 4 rings (SSSR count). The number of benzene rings is 2. The van der Waals surface area contributed by atoms with Crippen molar-refractivity contribution in [2.45, 2.75) is 25.8 Å². The summed E-state index contributed by atoms with van der Waals surface area (Å²) in [5.41, 5.74) is 21.5. The van der Waals surface area contributed by atoms with E-state index < -0.39 is 10.3 Å². The van der Waals surface area contributed by atoms with Crippen molar-refractivity contribution in [3.05, 3.63) is 77.6 Å². The monoisotopic (exact) mass is 564 g/mol. The summed E-state index contributed by atoms with van der Waals surface area (Å²) < 4.78 is 40.4. The highest BCUT2D eigenvalue weighted by atomic mass is 32.2. The largest absolute Gasteiger partial charge is 0.493 e. The molecule has 11 nitrogen and oxygen atoms in total. The number of ether oxygens (including phenoxy) is 3. The molecule has 0 amide bonds. The smallest absolute Gasteiger partial charge is 0.221 e. The summed E-state index contributed by atoms with van der Waals surface area (Å²) in [7, 11) is 0.851. The van der Waals surface area contributed by atoms with Crippen molar-refractivity contribution >= 4 is 38.3 Å². The lowest BCUT2D eigenvalue weighted by atomic mass is 10.1. The SMILES string of the molecule is COc1cc(Cc2cnc(N)nc2N)cc(OC)c1OCC(C)N(C1=CCC(=S(=O)=O)C=C1)c1ccc(N)cc1. The van der Waals surface area contributed by atoms with Crippen molar-refractivity contribution in [2.75, 3.05) is 42.9 Å². The zero-order valence-corrected chi connectivity index (χ0v) is 23.3. The number of rotatable bonds is 10. The zero-order valence-electron chi connectivity index (χ0n) is 22.5. The summed E-state index contributed by atoms with van der Waals surface area (Å²) in [6.45, 7) is 2.26. The maximum Gasteiger partial charge on any atom is 0.221 e. The Labute approximate surface area is 234 Å². The number of aromatic nitrogens is 2. The maximum absolute atomic E-state index is 11.4. The second kappa shape index (κ2) is 12.4. The molecule has 1 aliphatic carbocycles. The molecule has 1 aromatic heterocycles. The molecule has 1 unspecified atom stereocenters. The van der Waals surface area contributed by atoms with Gasteiger partial charge in [-0.3, -0.25) is 0 Å². The molecule has 0 radical (unpaired) electrons. The average molecular weight is 565 g/mol. The minimum absolute atomic E-state index is 0.112. The Morgan fingerprint density at radius 2 is 1.70 bits per heavy atom. The van der Waals surface area contributed by atoms with Crippen LogP contribution in [0.4, 0.5) is 23.1 Å². The topological polar surface area (TPSA) is 169 Å². The van der Waals surface area contributed by atoms with E-state index in [4.69, 9.17) is 31.4 Å². The third kappa shape index (κ3) is 6.46. The van der Waals surface area contributed by atoms with Gasteiger partial charge in [0.15, 0.2) is 11.5 Å². The van der Waals surface area contributed by atoms with Crippen LogP contribution in [0.2, 0.25) is 0 Å². The van der Waals surface area contributed by atoms with Gasteiger partial charge in [0.25, 0.3) is 0 Å². The summed E-state index contributed by atoms with van der Waals surface area (Å²) in [4.78, 5) is 10.4. The van der Waals surface area contributed by atoms with Crippen LogP contribution in [0.15, 0.2) is 66.5 Å². The summed E-state index contributed by atoms with van der Waals surface area (Å²) in [6.07, 6.45) is 7.60. The van der Waals surface area contributed by atoms with E-state index in [2.05, 4.69) is 14.9 Å². The molecule has 0 spiro atoms. The summed E-state index contributed by atoms with van der Waals surface area (Å²) in [6, 6.07) is 11.0. The third-order valence-electron chi connectivity index (χ3n) is 6.36. The highest BCUT2D eigenvalue weighted by Crippen LogP contribution is 2.40. The number of allylic oxidation sites excluding steroid dienone is 3. The lowest BCUT2D eigenvalue weighted by Gasteiger charge is -2.33. The lowest BCUT2D eigenvalue weighted by Crippen LogP contribution is -2.37. The number of anilines is 4. The molecule has 12 heteroatoms. The van der Waals surface area contributed by atoms with Gasteiger partial charge in [-0.15, -0.1) is 0 Å². The summed E-state index contributed by atoms with van der Waals surface area (Å²) in [5.74, 6) is 1.85. The van der Waals surface area contributed by atoms with Crippen molar-refractivity contribution in [1.29, 1.82) is 0 Å². The lowest BCUT2D eigenvalue weighted by molar-refractivity contribution is 0.259. The zero-order chi connectivity index (χ0) is 28.8. The molecule has 0 aliphatic heterocycles. The standard InChI is InChI=1S/C28H32N6O5S/c1-17(34(21-6-4-20(29)5-7-21)22-8-10-23(11-9-22)40(35)36)16-39-26-24(37-2)13-18(14-25(26)38-3)12-19-15-32-28(31)33-27(19)30/h4-10,13-15,17H,11-12,16,29H2,1-3H3,(H4,30,31,32,33). The van der Waals surface area contributed by atoms with Gasteiger partial charge in [-0.1, -0.05) is 6.08 Å². The van der Waals surface area contributed by atoms with E-state index in [9.17, 15) is 8.42 Å². The van der Waals surface area contributed by atoms with Gasteiger partial charge in [-0.25, -0.2) is 4.98 Å². The van der Waals surface area contributed by atoms with Crippen LogP contribution < -0.4 is 36.3 Å². The van der Waals surface area contributed by atoms with Crippen molar-refractivity contribution < 1.29 is 22.6 Å². The first-order valence-electron chi connectivity index (χ1n) is 12.4. The first kappa shape index (κ1) is 28.3. The Morgan fingerprint density at radius 1 is 1.02 bits per heavy atom. The van der Waals surface area contributed by atoms with Gasteiger partial charge in [-0.2, -0.15) is 13.4 Å². The number of nitrogen functional groups attached to an aromatic ring is 3. The van der Waals surface area contributed by atoms with E-state index in [1.165, 1.54) is 0 Å². The third-order valence-corrected chi connectivity index (χ3v) is 7.09. The van der Waals surface area contributed by atoms with Crippen molar-refractivity contribution in [3.63, 3.8) is 0 Å². The molecule has 6 N–H and O–H groups in total. The van der Waals surface area contributed by atoms with E-state index in [0.717, 1.165) is 22.5 Å². The minimum Gasteiger partial charge on any atom is -0.493 e. The predicted molar refractivity (Wildman–Crippen MR) is 157 cm³/mol. The number of nitrogens with two attached hydrogens (primary N) is 3. The summed E-state index contributed by atoms with van der Waals surface area (Å²) in [5, 5.41) is 0. The average Bonchev–Trinajstić information content (AvgIpc) is 2.94. The van der Waals surface area contributed by atoms with Crippen LogP contribution in [-0.2, 0) is 16.7 Å². The van der Waals surface area contributed by atoms with E-state index in [-0.39, 0.29) is 18.6 Å². The quantitative estimate of drug-likeness (QED) is 0.244. The molecule has 0 bridgehead atoms. The molecule has 1 atom stereocenters. The molecule has 1 aliphatic rings. The van der Waals surface area contributed by atoms with Gasteiger partial charge < -0.3 is 36.3 Å². The van der Waals surface area contributed by atoms with Crippen LogP contribution in [0, 0.1) is 0 Å². The molecule has 0 saturated heterocycles. The van der Waals surface area contributed by atoms with Crippen LogP contribution in [0.25, 0.3) is 0 Å². The van der Waals surface area contributed by atoms with Gasteiger partial charge in [0.1, 0.15) is 12.4 Å². The minimum atomic E-state index is -2.26. The number of hydrogen-bond donors (Lipinski definition) is 3. The van der Waals surface area contributed by atoms with Gasteiger partial charge in [0.2, 0.25) is 22.0 Å². The second-order valence-electron chi connectivity index (χ2n) is 9.13. The highest BCUT2D eigenvalue weighted by Gasteiger charge is 2.23. The molecule has 3 aromatic rings. The Balaban J connectivity index is 1.60. The van der Waals surface area contributed by atoms with Crippen LogP contribution in [0.5, 0.6) is 17.2 Å². The van der Waals surface area contributed by atoms with E-state index >= 15 is 0 Å². The Morgan fingerprint density at radius 3 is 2.25 bits per heavy atom. The van der Waals surface area contributed by atoms with Gasteiger partial charge in [-0.05, 0) is 61.0 Å². The molecule has 2 aromatic carbocycles. The highest BCUT2D eigenvalue weighted by molar-refractivity contribution is 7.73. The Hall–Kier alpha value is -4.71. The number of hydrogen-bond acceptors (Lipinski definition) is 11. The van der Waals surface area contributed by atoms with Gasteiger partial charge >= 0.3 is 0 Å². The fourth-order valence-corrected chi connectivity index (χ4v) is 4.76. The van der Waals surface area contributed by atoms with Crippen LogP contribution in [0.3, 0.4) is 0 Å². The van der Waals surface area contributed by atoms with E-state index in [0.29, 0.717) is 46.5 Å².